The van der Waals surface area contributed by atoms with Crippen molar-refractivity contribution in [3.05, 3.63) is 42.1 Å². The van der Waals surface area contributed by atoms with Crippen LogP contribution in [0.5, 0.6) is 0 Å². The Balaban J connectivity index is 1.43. The Labute approximate surface area is 144 Å². The lowest BCUT2D eigenvalue weighted by Crippen LogP contribution is -2.33. The van der Waals surface area contributed by atoms with E-state index in [9.17, 15) is 5.11 Å². The molecule has 0 unspecified atom stereocenters. The van der Waals surface area contributed by atoms with Gasteiger partial charge in [-0.2, -0.15) is 0 Å². The van der Waals surface area contributed by atoms with Crippen LogP contribution in [0.3, 0.4) is 0 Å². The molecule has 2 atom stereocenters. The van der Waals surface area contributed by atoms with Crippen molar-refractivity contribution < 1.29 is 5.11 Å². The summed E-state index contributed by atoms with van der Waals surface area (Å²) in [4.78, 5) is 7.35. The Morgan fingerprint density at radius 2 is 1.75 bits per heavy atom. The summed E-state index contributed by atoms with van der Waals surface area (Å²) in [6, 6.07) is 13.2. The molecule has 4 rings (SSSR count). The predicted molar refractivity (Wildman–Crippen MR) is 98.0 cm³/mol. The van der Waals surface area contributed by atoms with Crippen molar-refractivity contribution in [1.82, 2.24) is 9.88 Å². The van der Waals surface area contributed by atoms with Gasteiger partial charge >= 0.3 is 0 Å². The van der Waals surface area contributed by atoms with E-state index in [0.717, 1.165) is 30.7 Å². The zero-order valence-electron chi connectivity index (χ0n) is 14.4. The van der Waals surface area contributed by atoms with E-state index in [2.05, 4.69) is 35.2 Å². The van der Waals surface area contributed by atoms with Crippen LogP contribution >= 0.6 is 0 Å². The lowest BCUT2D eigenvalue weighted by molar-refractivity contribution is 0.133. The molecule has 1 aromatic carbocycles. The minimum atomic E-state index is -0.207. The first-order valence-electron chi connectivity index (χ1n) is 9.56. The Morgan fingerprint density at radius 1 is 0.958 bits per heavy atom. The van der Waals surface area contributed by atoms with Crippen LogP contribution < -0.4 is 0 Å². The van der Waals surface area contributed by atoms with E-state index in [1.54, 1.807) is 0 Å². The van der Waals surface area contributed by atoms with Crippen molar-refractivity contribution >= 4 is 10.9 Å². The normalized spacial score (nSPS) is 26.7. The van der Waals surface area contributed by atoms with Crippen molar-refractivity contribution in [3.8, 4) is 0 Å². The first kappa shape index (κ1) is 16.0. The third kappa shape index (κ3) is 3.47. The average Bonchev–Trinajstić information content (AvgIpc) is 2.81. The number of β-amino-alcohol motifs (C(OH)–C–C–N with tert-alkyl or cyclic N) is 1. The van der Waals surface area contributed by atoms with E-state index in [1.807, 2.05) is 6.07 Å². The third-order valence-corrected chi connectivity index (χ3v) is 5.90. The number of para-hydroxylation sites is 1. The summed E-state index contributed by atoms with van der Waals surface area (Å²) in [5, 5.41) is 11.8. The van der Waals surface area contributed by atoms with Gasteiger partial charge in [0.1, 0.15) is 0 Å². The molecule has 128 valence electrons. The maximum Gasteiger partial charge on any atom is 0.0711 e. The largest absolute Gasteiger partial charge is 0.391 e. The number of rotatable bonds is 3. The lowest BCUT2D eigenvalue weighted by atomic mass is 9.99. The number of aromatic nitrogens is 1. The van der Waals surface area contributed by atoms with Gasteiger partial charge in [0.25, 0.3) is 0 Å². The molecule has 1 saturated carbocycles. The number of aliphatic hydroxyl groups is 1. The highest BCUT2D eigenvalue weighted by molar-refractivity contribution is 5.78. The van der Waals surface area contributed by atoms with Gasteiger partial charge in [-0.05, 0) is 31.4 Å². The molecule has 0 bridgehead atoms. The number of aliphatic hydroxyl groups excluding tert-OH is 1. The maximum atomic E-state index is 10.6. The fraction of sp³-hybridized carbons (Fsp3) is 0.571. The summed E-state index contributed by atoms with van der Waals surface area (Å²) in [5.41, 5.74) is 2.17. The Hall–Kier alpha value is -1.45. The van der Waals surface area contributed by atoms with Gasteiger partial charge in [-0.3, -0.25) is 9.88 Å². The summed E-state index contributed by atoms with van der Waals surface area (Å²) >= 11 is 0. The van der Waals surface area contributed by atoms with Crippen LogP contribution in [0.1, 0.15) is 44.2 Å². The van der Waals surface area contributed by atoms with Gasteiger partial charge in [-0.15, -0.1) is 0 Å². The minimum absolute atomic E-state index is 0.207. The van der Waals surface area contributed by atoms with E-state index in [1.165, 1.54) is 43.9 Å². The fourth-order valence-corrected chi connectivity index (χ4v) is 4.50. The number of benzene rings is 1. The standard InChI is InChI=1S/C21H28N2O/c24-21-15-23(19-8-3-1-2-4-9-19)14-17(21)13-18-12-11-16-7-5-6-10-20(16)22-18/h5-7,10-12,17,19,21,24H,1-4,8-9,13-15H2/t17-,21-/m1/s1. The molecule has 1 N–H and O–H groups in total. The summed E-state index contributed by atoms with van der Waals surface area (Å²) < 4.78 is 0. The number of hydrogen-bond acceptors (Lipinski definition) is 3. The minimum Gasteiger partial charge on any atom is -0.391 e. The Morgan fingerprint density at radius 3 is 2.58 bits per heavy atom. The molecular weight excluding hydrogens is 296 g/mol. The molecule has 2 aliphatic rings. The molecule has 24 heavy (non-hydrogen) atoms. The summed E-state index contributed by atoms with van der Waals surface area (Å²) in [6.45, 7) is 1.88. The molecule has 2 fully saturated rings. The molecular formula is C21H28N2O. The highest BCUT2D eigenvalue weighted by Crippen LogP contribution is 2.29. The van der Waals surface area contributed by atoms with Crippen molar-refractivity contribution in [1.29, 1.82) is 0 Å². The van der Waals surface area contributed by atoms with Gasteiger partial charge in [0, 0.05) is 36.1 Å². The predicted octanol–water partition coefficient (Wildman–Crippen LogP) is 3.79. The quantitative estimate of drug-likeness (QED) is 0.873. The zero-order chi connectivity index (χ0) is 16.4. The molecule has 2 heterocycles. The number of hydrogen-bond donors (Lipinski definition) is 1. The highest BCUT2D eigenvalue weighted by atomic mass is 16.3. The van der Waals surface area contributed by atoms with Crippen molar-refractivity contribution in [2.45, 2.75) is 57.1 Å². The molecule has 0 spiro atoms. The SMILES string of the molecule is O[C@@H]1CN(C2CCCCCC2)C[C@H]1Cc1ccc2ccccc2n1. The third-order valence-electron chi connectivity index (χ3n) is 5.90. The van der Waals surface area contributed by atoms with Crippen LogP contribution in [0.25, 0.3) is 10.9 Å². The topological polar surface area (TPSA) is 36.4 Å². The van der Waals surface area contributed by atoms with E-state index >= 15 is 0 Å². The van der Waals surface area contributed by atoms with Gasteiger partial charge in [0.2, 0.25) is 0 Å². The van der Waals surface area contributed by atoms with E-state index in [0.29, 0.717) is 12.0 Å². The lowest BCUT2D eigenvalue weighted by Gasteiger charge is -2.26. The van der Waals surface area contributed by atoms with Gasteiger partial charge in [0.05, 0.1) is 11.6 Å². The smallest absolute Gasteiger partial charge is 0.0711 e. The van der Waals surface area contributed by atoms with E-state index in [-0.39, 0.29) is 6.10 Å². The van der Waals surface area contributed by atoms with Gasteiger partial charge in [0.15, 0.2) is 0 Å². The number of nitrogens with zero attached hydrogens (tertiary/aromatic N) is 2. The molecule has 0 amide bonds. The Bertz CT molecular complexity index is 678. The molecule has 1 aromatic heterocycles. The van der Waals surface area contributed by atoms with Crippen LogP contribution in [0.15, 0.2) is 36.4 Å². The average molecular weight is 324 g/mol. The van der Waals surface area contributed by atoms with Gasteiger partial charge in [-0.25, -0.2) is 0 Å². The van der Waals surface area contributed by atoms with Crippen molar-refractivity contribution in [2.24, 2.45) is 5.92 Å². The number of likely N-dealkylation sites (tertiary alicyclic amines) is 1. The van der Waals surface area contributed by atoms with Crippen molar-refractivity contribution in [2.75, 3.05) is 13.1 Å². The second-order valence-corrected chi connectivity index (χ2v) is 7.63. The molecule has 1 aliphatic carbocycles. The number of pyridine rings is 1. The fourth-order valence-electron chi connectivity index (χ4n) is 4.50. The molecule has 2 aromatic rings. The first-order valence-corrected chi connectivity index (χ1v) is 9.56. The van der Waals surface area contributed by atoms with Crippen LogP contribution in [-0.4, -0.2) is 40.2 Å². The molecule has 3 heteroatoms. The molecule has 1 aliphatic heterocycles. The van der Waals surface area contributed by atoms with Crippen LogP contribution in [0.4, 0.5) is 0 Å². The first-order chi connectivity index (χ1) is 11.8. The highest BCUT2D eigenvalue weighted by Gasteiger charge is 2.35. The van der Waals surface area contributed by atoms with E-state index < -0.39 is 0 Å². The zero-order valence-corrected chi connectivity index (χ0v) is 14.4. The molecule has 0 radical (unpaired) electrons. The van der Waals surface area contributed by atoms with Gasteiger partial charge < -0.3 is 5.11 Å². The van der Waals surface area contributed by atoms with Gasteiger partial charge in [-0.1, -0.05) is 49.9 Å². The summed E-state index contributed by atoms with van der Waals surface area (Å²) in [5.74, 6) is 0.321. The van der Waals surface area contributed by atoms with Crippen LogP contribution in [0, 0.1) is 5.92 Å². The van der Waals surface area contributed by atoms with E-state index in [4.69, 9.17) is 4.98 Å². The van der Waals surface area contributed by atoms with Crippen LogP contribution in [0.2, 0.25) is 0 Å². The monoisotopic (exact) mass is 324 g/mol. The molecule has 3 nitrogen and oxygen atoms in total. The van der Waals surface area contributed by atoms with Crippen LogP contribution in [-0.2, 0) is 6.42 Å². The summed E-state index contributed by atoms with van der Waals surface area (Å²) in [6.07, 6.45) is 8.79. The second-order valence-electron chi connectivity index (χ2n) is 7.63. The number of fused-ring (bicyclic) bond motifs is 1. The van der Waals surface area contributed by atoms with Crippen molar-refractivity contribution in [3.63, 3.8) is 0 Å². The second kappa shape index (κ2) is 7.20. The summed E-state index contributed by atoms with van der Waals surface area (Å²) in [7, 11) is 0. The maximum absolute atomic E-state index is 10.6. The molecule has 1 saturated heterocycles. The Kier molecular flexibility index (Phi) is 4.81.